The third kappa shape index (κ3) is 2.92. The van der Waals surface area contributed by atoms with Gasteiger partial charge in [0.25, 0.3) is 0 Å². The maximum absolute atomic E-state index is 5.82. The van der Waals surface area contributed by atoms with E-state index < -0.39 is 0 Å². The monoisotopic (exact) mass is 280 g/mol. The molecule has 2 heterocycles. The van der Waals surface area contributed by atoms with E-state index in [0.717, 1.165) is 36.7 Å². The highest BCUT2D eigenvalue weighted by molar-refractivity contribution is 5.86. The molecule has 0 aliphatic carbocycles. The summed E-state index contributed by atoms with van der Waals surface area (Å²) in [7, 11) is 0. The van der Waals surface area contributed by atoms with Gasteiger partial charge in [-0.2, -0.15) is 0 Å². The van der Waals surface area contributed by atoms with Crippen molar-refractivity contribution in [3.8, 4) is 5.75 Å². The van der Waals surface area contributed by atoms with E-state index in [4.69, 9.17) is 4.74 Å². The first kappa shape index (κ1) is 13.7. The molecular formula is C18H20N2O. The molecule has 0 fully saturated rings. The first-order valence-corrected chi connectivity index (χ1v) is 7.41. The van der Waals surface area contributed by atoms with Crippen molar-refractivity contribution in [1.29, 1.82) is 0 Å². The fourth-order valence-electron chi connectivity index (χ4n) is 2.53. The Bertz CT molecular complexity index is 746. The molecule has 0 aliphatic rings. The summed E-state index contributed by atoms with van der Waals surface area (Å²) in [4.78, 5) is 4.57. The van der Waals surface area contributed by atoms with Crippen molar-refractivity contribution in [2.45, 2.75) is 26.8 Å². The van der Waals surface area contributed by atoms with Crippen molar-refractivity contribution in [2.24, 2.45) is 0 Å². The highest BCUT2D eigenvalue weighted by Gasteiger charge is 2.07. The molecule has 0 radical (unpaired) electrons. The zero-order valence-electron chi connectivity index (χ0n) is 12.5. The van der Waals surface area contributed by atoms with Crippen LogP contribution < -0.4 is 4.74 Å². The minimum absolute atomic E-state index is 0.754. The molecule has 108 valence electrons. The Balaban J connectivity index is 1.93. The molecule has 0 amide bonds. The van der Waals surface area contributed by atoms with Crippen molar-refractivity contribution in [2.75, 3.05) is 6.61 Å². The van der Waals surface area contributed by atoms with Gasteiger partial charge in [-0.25, -0.2) is 0 Å². The summed E-state index contributed by atoms with van der Waals surface area (Å²) in [6.07, 6.45) is 3.12. The normalized spacial score (nSPS) is 11.0. The predicted octanol–water partition coefficient (Wildman–Crippen LogP) is 4.18. The number of fused-ring (bicyclic) bond motifs is 1. The Labute approximate surface area is 125 Å². The van der Waals surface area contributed by atoms with Gasteiger partial charge >= 0.3 is 0 Å². The highest BCUT2D eigenvalue weighted by atomic mass is 16.5. The molecule has 0 unspecified atom stereocenters. The molecule has 0 aliphatic heterocycles. The second-order valence-corrected chi connectivity index (χ2v) is 5.25. The zero-order chi connectivity index (χ0) is 14.7. The lowest BCUT2D eigenvalue weighted by atomic mass is 10.2. The van der Waals surface area contributed by atoms with E-state index in [1.54, 1.807) is 0 Å². The summed E-state index contributed by atoms with van der Waals surface area (Å²) < 4.78 is 8.04. The summed E-state index contributed by atoms with van der Waals surface area (Å²) in [6.45, 7) is 5.68. The van der Waals surface area contributed by atoms with E-state index in [-0.39, 0.29) is 0 Å². The van der Waals surface area contributed by atoms with Crippen LogP contribution in [0, 0.1) is 6.92 Å². The fourth-order valence-corrected chi connectivity index (χ4v) is 2.53. The van der Waals surface area contributed by atoms with Gasteiger partial charge in [-0.3, -0.25) is 4.98 Å². The Morgan fingerprint density at radius 2 is 1.95 bits per heavy atom. The molecule has 1 aromatic carbocycles. The van der Waals surface area contributed by atoms with Crippen molar-refractivity contribution in [3.63, 3.8) is 0 Å². The molecule has 3 aromatic rings. The summed E-state index contributed by atoms with van der Waals surface area (Å²) in [5.41, 5.74) is 3.32. The van der Waals surface area contributed by atoms with E-state index in [9.17, 15) is 0 Å². The minimum Gasteiger partial charge on any atom is -0.493 e. The van der Waals surface area contributed by atoms with E-state index in [0.29, 0.717) is 0 Å². The standard InChI is InChI=1S/C18H20N2O/c1-3-12-21-18-9-5-8-17-16(18)10-11-20(17)13-15-7-4-6-14(2)19-15/h4-11H,3,12-13H2,1-2H3. The Hall–Kier alpha value is -2.29. The number of nitrogens with zero attached hydrogens (tertiary/aromatic N) is 2. The van der Waals surface area contributed by atoms with E-state index in [1.807, 2.05) is 25.1 Å². The van der Waals surface area contributed by atoms with Gasteiger partial charge in [0.05, 0.1) is 24.4 Å². The van der Waals surface area contributed by atoms with Gasteiger partial charge in [0.15, 0.2) is 0 Å². The van der Waals surface area contributed by atoms with Crippen molar-refractivity contribution in [1.82, 2.24) is 9.55 Å². The number of ether oxygens (including phenoxy) is 1. The number of hydrogen-bond donors (Lipinski definition) is 0. The molecule has 0 saturated heterocycles. The molecule has 0 spiro atoms. The number of hydrogen-bond acceptors (Lipinski definition) is 2. The van der Waals surface area contributed by atoms with Crippen LogP contribution in [-0.4, -0.2) is 16.2 Å². The Kier molecular flexibility index (Phi) is 3.91. The first-order valence-electron chi connectivity index (χ1n) is 7.41. The van der Waals surface area contributed by atoms with Crippen LogP contribution in [0.3, 0.4) is 0 Å². The first-order chi connectivity index (χ1) is 10.3. The van der Waals surface area contributed by atoms with Crippen molar-refractivity contribution in [3.05, 3.63) is 60.0 Å². The third-order valence-corrected chi connectivity index (χ3v) is 3.51. The summed E-state index contributed by atoms with van der Waals surface area (Å²) in [5.74, 6) is 0.963. The number of aryl methyl sites for hydroxylation is 1. The molecular weight excluding hydrogens is 260 g/mol. The fraction of sp³-hybridized carbons (Fsp3) is 0.278. The van der Waals surface area contributed by atoms with Crippen LogP contribution in [0.1, 0.15) is 24.7 Å². The third-order valence-electron chi connectivity index (χ3n) is 3.51. The van der Waals surface area contributed by atoms with Gasteiger partial charge in [-0.05, 0) is 43.7 Å². The topological polar surface area (TPSA) is 27.1 Å². The summed E-state index contributed by atoms with van der Waals surface area (Å²) >= 11 is 0. The van der Waals surface area contributed by atoms with Gasteiger partial charge < -0.3 is 9.30 Å². The number of benzene rings is 1. The van der Waals surface area contributed by atoms with Crippen molar-refractivity contribution < 1.29 is 4.74 Å². The van der Waals surface area contributed by atoms with Gasteiger partial charge in [-0.15, -0.1) is 0 Å². The van der Waals surface area contributed by atoms with E-state index >= 15 is 0 Å². The predicted molar refractivity (Wildman–Crippen MR) is 85.8 cm³/mol. The number of pyridine rings is 1. The maximum Gasteiger partial charge on any atom is 0.128 e. The molecule has 3 heteroatoms. The quantitative estimate of drug-likeness (QED) is 0.701. The van der Waals surface area contributed by atoms with E-state index in [2.05, 4.69) is 46.9 Å². The lowest BCUT2D eigenvalue weighted by Crippen LogP contribution is -2.01. The Morgan fingerprint density at radius 1 is 1.10 bits per heavy atom. The molecule has 21 heavy (non-hydrogen) atoms. The highest BCUT2D eigenvalue weighted by Crippen LogP contribution is 2.27. The minimum atomic E-state index is 0.754. The summed E-state index contributed by atoms with van der Waals surface area (Å²) in [6, 6.07) is 14.5. The molecule has 0 saturated carbocycles. The maximum atomic E-state index is 5.82. The molecule has 0 bridgehead atoms. The van der Waals surface area contributed by atoms with Crippen LogP contribution in [0.5, 0.6) is 5.75 Å². The van der Waals surface area contributed by atoms with Crippen LogP contribution in [-0.2, 0) is 6.54 Å². The van der Waals surface area contributed by atoms with Crippen LogP contribution in [0.25, 0.3) is 10.9 Å². The smallest absolute Gasteiger partial charge is 0.128 e. The number of rotatable bonds is 5. The SMILES string of the molecule is CCCOc1cccc2c1ccn2Cc1cccc(C)n1. The zero-order valence-corrected chi connectivity index (χ0v) is 12.5. The average molecular weight is 280 g/mol. The van der Waals surface area contributed by atoms with Gasteiger partial charge in [0.2, 0.25) is 0 Å². The van der Waals surface area contributed by atoms with Gasteiger partial charge in [-0.1, -0.05) is 19.1 Å². The second kappa shape index (κ2) is 6.00. The van der Waals surface area contributed by atoms with Gasteiger partial charge in [0.1, 0.15) is 5.75 Å². The van der Waals surface area contributed by atoms with Crippen molar-refractivity contribution >= 4 is 10.9 Å². The lowest BCUT2D eigenvalue weighted by molar-refractivity contribution is 0.321. The lowest BCUT2D eigenvalue weighted by Gasteiger charge is -2.08. The molecule has 0 N–H and O–H groups in total. The van der Waals surface area contributed by atoms with E-state index in [1.165, 1.54) is 10.9 Å². The summed E-state index contributed by atoms with van der Waals surface area (Å²) in [5, 5.41) is 1.17. The molecule has 3 rings (SSSR count). The van der Waals surface area contributed by atoms with Crippen LogP contribution >= 0.6 is 0 Å². The van der Waals surface area contributed by atoms with Crippen LogP contribution in [0.15, 0.2) is 48.7 Å². The molecule has 2 aromatic heterocycles. The van der Waals surface area contributed by atoms with Crippen LogP contribution in [0.4, 0.5) is 0 Å². The second-order valence-electron chi connectivity index (χ2n) is 5.25. The van der Waals surface area contributed by atoms with Crippen LogP contribution in [0.2, 0.25) is 0 Å². The average Bonchev–Trinajstić information content (AvgIpc) is 2.89. The largest absolute Gasteiger partial charge is 0.493 e. The Morgan fingerprint density at radius 3 is 2.76 bits per heavy atom. The molecule has 3 nitrogen and oxygen atoms in total. The number of aromatic nitrogens is 2. The van der Waals surface area contributed by atoms with Gasteiger partial charge in [0, 0.05) is 17.3 Å². The molecule has 0 atom stereocenters.